The van der Waals surface area contributed by atoms with Crippen molar-refractivity contribution in [3.8, 4) is 11.5 Å². The maximum absolute atomic E-state index is 12.8. The summed E-state index contributed by atoms with van der Waals surface area (Å²) in [7, 11) is 1.64. The summed E-state index contributed by atoms with van der Waals surface area (Å²) >= 11 is 0. The van der Waals surface area contributed by atoms with E-state index in [0.29, 0.717) is 50.5 Å². The summed E-state index contributed by atoms with van der Waals surface area (Å²) in [6.07, 6.45) is 4.59. The highest BCUT2D eigenvalue weighted by Crippen LogP contribution is 2.33. The Kier molecular flexibility index (Phi) is 9.18. The third-order valence-corrected chi connectivity index (χ3v) is 7.44. The van der Waals surface area contributed by atoms with Gasteiger partial charge in [0, 0.05) is 37.2 Å². The first kappa shape index (κ1) is 27.9. The number of carbonyl (C=O) groups excluding carboxylic acids is 2. The second-order valence-electron chi connectivity index (χ2n) is 10.2. The summed E-state index contributed by atoms with van der Waals surface area (Å²) in [6.45, 7) is 4.40. The van der Waals surface area contributed by atoms with Gasteiger partial charge in [-0.2, -0.15) is 5.10 Å². The number of carbonyl (C=O) groups is 2. The van der Waals surface area contributed by atoms with Gasteiger partial charge in [-0.25, -0.2) is 9.80 Å². The standard InChI is InChI=1S/C30H38N4O6/c1-3-33(30(36)40-29-19-31-16-17-38-29)23-11-8-21(9-12-23)20-34-28(35)15-13-25(32-34)22-10-14-26(37-2)27(18-22)39-24-6-4-5-7-24/h8-12,14,18,24,29,31H,3-7,13,15-17,19-20H2,1-2H3. The average Bonchev–Trinajstić information content (AvgIpc) is 3.49. The van der Waals surface area contributed by atoms with Crippen LogP contribution in [-0.2, 0) is 20.8 Å². The topological polar surface area (TPSA) is 102 Å². The predicted octanol–water partition coefficient (Wildman–Crippen LogP) is 4.45. The van der Waals surface area contributed by atoms with Crippen molar-refractivity contribution < 1.29 is 28.5 Å². The number of morpholine rings is 1. The Morgan fingerprint density at radius 3 is 2.62 bits per heavy atom. The number of ether oxygens (including phenoxy) is 4. The van der Waals surface area contributed by atoms with E-state index in [1.165, 1.54) is 17.9 Å². The van der Waals surface area contributed by atoms with Crippen LogP contribution in [0.2, 0.25) is 0 Å². The van der Waals surface area contributed by atoms with Crippen molar-refractivity contribution >= 4 is 23.4 Å². The molecule has 1 atom stereocenters. The zero-order chi connectivity index (χ0) is 27.9. The molecular formula is C30H38N4O6. The predicted molar refractivity (Wildman–Crippen MR) is 151 cm³/mol. The molecule has 40 heavy (non-hydrogen) atoms. The monoisotopic (exact) mass is 550 g/mol. The van der Waals surface area contributed by atoms with E-state index in [-0.39, 0.29) is 12.0 Å². The fraction of sp³-hybridized carbons (Fsp3) is 0.500. The lowest BCUT2D eigenvalue weighted by atomic mass is 10.0. The van der Waals surface area contributed by atoms with Gasteiger partial charge in [-0.05, 0) is 68.5 Å². The van der Waals surface area contributed by atoms with Gasteiger partial charge in [0.05, 0.1) is 38.6 Å². The third kappa shape index (κ3) is 6.74. The Labute approximate surface area is 235 Å². The molecule has 1 aliphatic carbocycles. The minimum Gasteiger partial charge on any atom is -0.493 e. The van der Waals surface area contributed by atoms with Crippen molar-refractivity contribution in [1.82, 2.24) is 10.3 Å². The average molecular weight is 551 g/mol. The number of benzene rings is 2. The molecule has 2 aliphatic heterocycles. The molecule has 2 aromatic rings. The molecule has 5 rings (SSSR count). The van der Waals surface area contributed by atoms with E-state index in [1.807, 2.05) is 49.4 Å². The first-order valence-electron chi connectivity index (χ1n) is 14.2. The molecule has 1 saturated heterocycles. The van der Waals surface area contributed by atoms with Gasteiger partial charge >= 0.3 is 6.09 Å². The Balaban J connectivity index is 1.26. The summed E-state index contributed by atoms with van der Waals surface area (Å²) in [4.78, 5) is 27.0. The summed E-state index contributed by atoms with van der Waals surface area (Å²) in [5.74, 6) is 1.40. The van der Waals surface area contributed by atoms with Gasteiger partial charge in [0.2, 0.25) is 12.2 Å². The van der Waals surface area contributed by atoms with Crippen molar-refractivity contribution in [2.75, 3.05) is 38.3 Å². The Morgan fingerprint density at radius 1 is 1.12 bits per heavy atom. The van der Waals surface area contributed by atoms with Crippen LogP contribution in [0.5, 0.6) is 11.5 Å². The number of anilines is 1. The molecule has 0 spiro atoms. The van der Waals surface area contributed by atoms with Crippen LogP contribution in [0.1, 0.15) is 56.6 Å². The first-order valence-corrected chi connectivity index (χ1v) is 14.2. The summed E-state index contributed by atoms with van der Waals surface area (Å²) in [5, 5.41) is 9.39. The Bertz CT molecular complexity index is 1210. The van der Waals surface area contributed by atoms with Crippen molar-refractivity contribution in [1.29, 1.82) is 0 Å². The lowest BCUT2D eigenvalue weighted by Crippen LogP contribution is -2.44. The molecule has 1 saturated carbocycles. The minimum atomic E-state index is -0.595. The van der Waals surface area contributed by atoms with Crippen LogP contribution in [0.3, 0.4) is 0 Å². The number of nitrogens with one attached hydrogen (secondary N) is 1. The molecule has 10 nitrogen and oxygen atoms in total. The molecule has 2 fully saturated rings. The molecule has 0 aromatic heterocycles. The van der Waals surface area contributed by atoms with E-state index in [1.54, 1.807) is 12.0 Å². The van der Waals surface area contributed by atoms with Gasteiger partial charge in [0.25, 0.3) is 0 Å². The van der Waals surface area contributed by atoms with E-state index >= 15 is 0 Å². The zero-order valence-corrected chi connectivity index (χ0v) is 23.3. The summed E-state index contributed by atoms with van der Waals surface area (Å²) in [6, 6.07) is 13.4. The molecule has 3 aliphatic rings. The lowest BCUT2D eigenvalue weighted by molar-refractivity contribution is -0.132. The van der Waals surface area contributed by atoms with E-state index < -0.39 is 12.4 Å². The van der Waals surface area contributed by atoms with Crippen LogP contribution in [0, 0.1) is 0 Å². The lowest BCUT2D eigenvalue weighted by Gasteiger charge is -2.27. The van der Waals surface area contributed by atoms with Crippen molar-refractivity contribution in [3.05, 3.63) is 53.6 Å². The van der Waals surface area contributed by atoms with E-state index in [2.05, 4.69) is 5.32 Å². The van der Waals surface area contributed by atoms with E-state index in [9.17, 15) is 9.59 Å². The second kappa shape index (κ2) is 13.1. The van der Waals surface area contributed by atoms with Gasteiger partial charge in [-0.1, -0.05) is 12.1 Å². The van der Waals surface area contributed by atoms with Gasteiger partial charge in [-0.3, -0.25) is 9.69 Å². The Morgan fingerprint density at radius 2 is 1.93 bits per heavy atom. The number of rotatable bonds is 9. The van der Waals surface area contributed by atoms with E-state index in [4.69, 9.17) is 24.0 Å². The number of nitrogens with zero attached hydrogens (tertiary/aromatic N) is 3. The van der Waals surface area contributed by atoms with Crippen LogP contribution in [0.25, 0.3) is 0 Å². The van der Waals surface area contributed by atoms with Crippen molar-refractivity contribution in [2.24, 2.45) is 5.10 Å². The van der Waals surface area contributed by atoms with Crippen LogP contribution >= 0.6 is 0 Å². The maximum atomic E-state index is 12.8. The fourth-order valence-electron chi connectivity index (χ4n) is 5.23. The molecule has 1 unspecified atom stereocenters. The van der Waals surface area contributed by atoms with Gasteiger partial charge in [0.1, 0.15) is 0 Å². The molecule has 2 heterocycles. The summed E-state index contributed by atoms with van der Waals surface area (Å²) in [5.41, 5.74) is 3.39. The maximum Gasteiger partial charge on any atom is 0.416 e. The number of methoxy groups -OCH3 is 1. The number of hydrogen-bond donors (Lipinski definition) is 1. The van der Waals surface area contributed by atoms with Crippen LogP contribution < -0.4 is 19.7 Å². The highest BCUT2D eigenvalue weighted by Gasteiger charge is 2.25. The smallest absolute Gasteiger partial charge is 0.416 e. The molecule has 214 valence electrons. The van der Waals surface area contributed by atoms with Gasteiger partial charge in [0.15, 0.2) is 11.5 Å². The minimum absolute atomic E-state index is 0.0244. The number of hydrazone groups is 1. The van der Waals surface area contributed by atoms with Crippen molar-refractivity contribution in [3.63, 3.8) is 0 Å². The number of amides is 2. The first-order chi connectivity index (χ1) is 19.5. The molecule has 0 radical (unpaired) electrons. The molecule has 1 N–H and O–H groups in total. The van der Waals surface area contributed by atoms with Gasteiger partial charge < -0.3 is 24.3 Å². The second-order valence-corrected chi connectivity index (χ2v) is 10.2. The van der Waals surface area contributed by atoms with Crippen LogP contribution in [0.15, 0.2) is 47.6 Å². The third-order valence-electron chi connectivity index (χ3n) is 7.44. The largest absolute Gasteiger partial charge is 0.493 e. The van der Waals surface area contributed by atoms with Crippen LogP contribution in [-0.4, -0.2) is 68.5 Å². The molecule has 0 bridgehead atoms. The quantitative estimate of drug-likeness (QED) is 0.492. The highest BCUT2D eigenvalue weighted by molar-refractivity contribution is 6.04. The molecule has 10 heteroatoms. The number of hydrogen-bond acceptors (Lipinski definition) is 8. The van der Waals surface area contributed by atoms with Crippen molar-refractivity contribution in [2.45, 2.75) is 64.4 Å². The van der Waals surface area contributed by atoms with Crippen LogP contribution in [0.4, 0.5) is 10.5 Å². The summed E-state index contributed by atoms with van der Waals surface area (Å²) < 4.78 is 22.8. The van der Waals surface area contributed by atoms with Gasteiger partial charge in [-0.15, -0.1) is 0 Å². The fourth-order valence-corrected chi connectivity index (χ4v) is 5.23. The molecular weight excluding hydrogens is 512 g/mol. The zero-order valence-electron chi connectivity index (χ0n) is 23.3. The SMILES string of the molecule is CCN(C(=O)OC1CNCCO1)c1ccc(CN2N=C(c3ccc(OC)c(OC4CCCC4)c3)CCC2=O)cc1. The van der Waals surface area contributed by atoms with E-state index in [0.717, 1.165) is 42.0 Å². The molecule has 2 amide bonds. The highest BCUT2D eigenvalue weighted by atomic mass is 16.7. The Hall–Kier alpha value is -3.63. The molecule has 2 aromatic carbocycles. The normalized spacial score (nSPS) is 19.8.